The van der Waals surface area contributed by atoms with Crippen LogP contribution in [0.25, 0.3) is 0 Å². The Kier molecular flexibility index (Phi) is 9.63. The molecule has 1 fully saturated rings. The number of hydrogen-bond acceptors (Lipinski definition) is 4. The van der Waals surface area contributed by atoms with E-state index in [9.17, 15) is 9.18 Å². The number of benzene rings is 1. The lowest BCUT2D eigenvalue weighted by Crippen LogP contribution is -2.32. The van der Waals surface area contributed by atoms with Gasteiger partial charge in [0.15, 0.2) is 5.78 Å². The van der Waals surface area contributed by atoms with Crippen LogP contribution in [0.2, 0.25) is 0 Å². The summed E-state index contributed by atoms with van der Waals surface area (Å²) in [4.78, 5) is 22.2. The van der Waals surface area contributed by atoms with E-state index >= 15 is 0 Å². The Morgan fingerprint density at radius 1 is 1.33 bits per heavy atom. The highest BCUT2D eigenvalue weighted by molar-refractivity contribution is 6.00. The fourth-order valence-electron chi connectivity index (χ4n) is 2.18. The Bertz CT molecular complexity index is 526. The summed E-state index contributed by atoms with van der Waals surface area (Å²) < 4.78 is 18.3. The molecule has 4 nitrogen and oxygen atoms in total. The summed E-state index contributed by atoms with van der Waals surface area (Å²) in [5.74, 6) is -0.259. The minimum Gasteiger partial charge on any atom is -0.379 e. The highest BCUT2D eigenvalue weighted by atomic mass is 19.1. The summed E-state index contributed by atoms with van der Waals surface area (Å²) >= 11 is 0. The van der Waals surface area contributed by atoms with Gasteiger partial charge in [-0.05, 0) is 65.8 Å². The first-order chi connectivity index (χ1) is 11.2. The Labute approximate surface area is 145 Å². The highest BCUT2D eigenvalue weighted by Crippen LogP contribution is 2.20. The molecule has 1 saturated heterocycles. The number of likely N-dealkylation sites (tertiary alicyclic amines) is 1. The van der Waals surface area contributed by atoms with Crippen LogP contribution in [0.1, 0.15) is 49.5 Å². The minimum absolute atomic E-state index is 0.0406. The average molecular weight is 339 g/mol. The summed E-state index contributed by atoms with van der Waals surface area (Å²) in [6.45, 7) is 10.7. The molecule has 0 bridgehead atoms. The quantitative estimate of drug-likeness (QED) is 0.772. The maximum Gasteiger partial charge on any atom is 0.180 e. The van der Waals surface area contributed by atoms with Crippen LogP contribution in [0.5, 0.6) is 0 Å². The maximum absolute atomic E-state index is 13.4. The molecule has 0 aromatic heterocycles. The maximum atomic E-state index is 13.4. The molecule has 1 aromatic carbocycles. The van der Waals surface area contributed by atoms with E-state index in [4.69, 9.17) is 9.53 Å². The molecule has 1 unspecified atom stereocenters. The molecule has 136 valence electrons. The fourth-order valence-corrected chi connectivity index (χ4v) is 2.18. The molecule has 0 N–H and O–H groups in total. The fraction of sp³-hybridized carbons (Fsp3) is 0.579. The lowest BCUT2D eigenvalue weighted by atomic mass is 10.0. The van der Waals surface area contributed by atoms with E-state index in [1.54, 1.807) is 26.2 Å². The molecule has 5 heteroatoms. The highest BCUT2D eigenvalue weighted by Gasteiger charge is 2.28. The minimum atomic E-state index is -0.300. The van der Waals surface area contributed by atoms with E-state index in [2.05, 4.69) is 0 Å². The zero-order chi connectivity index (χ0) is 18.9. The Balaban J connectivity index is 0.000000563. The van der Waals surface area contributed by atoms with E-state index in [1.165, 1.54) is 6.07 Å². The lowest BCUT2D eigenvalue weighted by molar-refractivity contribution is -0.0980. The van der Waals surface area contributed by atoms with Gasteiger partial charge >= 0.3 is 0 Å². The van der Waals surface area contributed by atoms with Crippen LogP contribution in [-0.2, 0) is 9.53 Å². The topological polar surface area (TPSA) is 46.6 Å². The van der Waals surface area contributed by atoms with Crippen molar-refractivity contribution in [2.45, 2.75) is 52.2 Å². The van der Waals surface area contributed by atoms with E-state index in [1.807, 2.05) is 39.5 Å². The first kappa shape index (κ1) is 22.4. The summed E-state index contributed by atoms with van der Waals surface area (Å²) in [5, 5.41) is 0. The van der Waals surface area contributed by atoms with Crippen LogP contribution in [0, 0.1) is 12.7 Å². The largest absolute Gasteiger partial charge is 0.379 e. The summed E-state index contributed by atoms with van der Waals surface area (Å²) in [7, 11) is 3.65. The third-order valence-electron chi connectivity index (χ3n) is 3.89. The molecule has 2 rings (SSSR count). The number of ether oxygens (including phenoxy) is 1. The lowest BCUT2D eigenvalue weighted by Gasteiger charge is -2.18. The molecule has 1 aromatic rings. The second-order valence-corrected chi connectivity index (χ2v) is 6.78. The predicted molar refractivity (Wildman–Crippen MR) is 95.0 cm³/mol. The van der Waals surface area contributed by atoms with Gasteiger partial charge in [-0.15, -0.1) is 0 Å². The van der Waals surface area contributed by atoms with Gasteiger partial charge in [0.1, 0.15) is 12.6 Å². The van der Waals surface area contributed by atoms with Crippen LogP contribution < -0.4 is 0 Å². The molecule has 0 aliphatic carbocycles. The standard InChI is InChI=1S/C13H16FNO.C5H12O.CH2O/c1-9-5-6-10(8-11(9)14)13(16)12-4-3-7-15(12)2;1-5(2,3)6-4;1-2/h5-6,8,12H,3-4,7H2,1-2H3;1-4H3;1H2. The monoisotopic (exact) mass is 339 g/mol. The number of rotatable bonds is 2. The second-order valence-electron chi connectivity index (χ2n) is 6.78. The number of nitrogens with zero attached hydrogens (tertiary/aromatic N) is 1. The molecule has 24 heavy (non-hydrogen) atoms. The van der Waals surface area contributed by atoms with Crippen LogP contribution >= 0.6 is 0 Å². The third kappa shape index (κ3) is 7.32. The van der Waals surface area contributed by atoms with Crippen LogP contribution in [0.3, 0.4) is 0 Å². The van der Waals surface area contributed by atoms with Crippen molar-refractivity contribution in [1.82, 2.24) is 4.90 Å². The molecular weight excluding hydrogens is 309 g/mol. The summed E-state index contributed by atoms with van der Waals surface area (Å²) in [6, 6.07) is 4.66. The van der Waals surface area contributed by atoms with Gasteiger partial charge in [-0.2, -0.15) is 0 Å². The molecule has 0 amide bonds. The molecule has 1 heterocycles. The van der Waals surface area contributed by atoms with Crippen molar-refractivity contribution in [3.05, 3.63) is 35.1 Å². The van der Waals surface area contributed by atoms with E-state index in [-0.39, 0.29) is 23.2 Å². The first-order valence-electron chi connectivity index (χ1n) is 8.00. The van der Waals surface area contributed by atoms with Crippen molar-refractivity contribution in [2.24, 2.45) is 0 Å². The van der Waals surface area contributed by atoms with E-state index in [0.717, 1.165) is 19.4 Å². The normalized spacial score (nSPS) is 17.4. The van der Waals surface area contributed by atoms with Crippen LogP contribution in [-0.4, -0.2) is 49.8 Å². The van der Waals surface area contributed by atoms with Gasteiger partial charge in [0.05, 0.1) is 11.6 Å². The Hall–Kier alpha value is -1.59. The number of hydrogen-bond donors (Lipinski definition) is 0. The van der Waals surface area contributed by atoms with Crippen molar-refractivity contribution in [3.8, 4) is 0 Å². The van der Waals surface area contributed by atoms with Gasteiger partial charge in [0.25, 0.3) is 0 Å². The Morgan fingerprint density at radius 3 is 2.25 bits per heavy atom. The van der Waals surface area contributed by atoms with Gasteiger partial charge in [-0.3, -0.25) is 9.69 Å². The second kappa shape index (κ2) is 10.3. The molecule has 1 aliphatic rings. The number of Topliss-reactive ketones (excluding diaryl/α,β-unsaturated/α-hetero) is 1. The van der Waals surface area contributed by atoms with Crippen molar-refractivity contribution in [1.29, 1.82) is 0 Å². The van der Waals surface area contributed by atoms with Gasteiger partial charge in [-0.25, -0.2) is 4.39 Å². The molecule has 0 saturated carbocycles. The molecule has 0 radical (unpaired) electrons. The molecular formula is C19H30FNO3. The number of methoxy groups -OCH3 is 1. The smallest absolute Gasteiger partial charge is 0.180 e. The third-order valence-corrected chi connectivity index (χ3v) is 3.89. The zero-order valence-electron chi connectivity index (χ0n) is 15.7. The van der Waals surface area contributed by atoms with Crippen molar-refractivity contribution < 1.29 is 18.7 Å². The summed E-state index contributed by atoms with van der Waals surface area (Å²) in [6.07, 6.45) is 1.92. The van der Waals surface area contributed by atoms with Gasteiger partial charge < -0.3 is 9.53 Å². The number of halogens is 1. The number of ketones is 1. The van der Waals surface area contributed by atoms with E-state index in [0.29, 0.717) is 11.1 Å². The van der Waals surface area contributed by atoms with Gasteiger partial charge in [-0.1, -0.05) is 12.1 Å². The number of aryl methyl sites for hydroxylation is 1. The zero-order valence-corrected chi connectivity index (χ0v) is 15.7. The Morgan fingerprint density at radius 2 is 1.88 bits per heavy atom. The van der Waals surface area contributed by atoms with Crippen molar-refractivity contribution >= 4 is 12.6 Å². The van der Waals surface area contributed by atoms with Crippen LogP contribution in [0.4, 0.5) is 4.39 Å². The first-order valence-corrected chi connectivity index (χ1v) is 8.00. The summed E-state index contributed by atoms with van der Waals surface area (Å²) in [5.41, 5.74) is 1.11. The van der Waals surface area contributed by atoms with E-state index < -0.39 is 0 Å². The van der Waals surface area contributed by atoms with Crippen LogP contribution in [0.15, 0.2) is 18.2 Å². The average Bonchev–Trinajstić information content (AvgIpc) is 2.97. The molecule has 1 atom stereocenters. The number of carbonyl (C=O) groups excluding carboxylic acids is 2. The number of carbonyl (C=O) groups is 2. The van der Waals surface area contributed by atoms with Gasteiger partial charge in [0.2, 0.25) is 0 Å². The molecule has 0 spiro atoms. The van der Waals surface area contributed by atoms with Gasteiger partial charge in [0, 0.05) is 12.7 Å². The SMILES string of the molecule is C=O.COC(C)(C)C.Cc1ccc(C(=O)C2CCCN2C)cc1F. The molecule has 1 aliphatic heterocycles. The predicted octanol–water partition coefficient (Wildman–Crippen LogP) is 3.66. The van der Waals surface area contributed by atoms with Crippen molar-refractivity contribution in [3.63, 3.8) is 0 Å². The van der Waals surface area contributed by atoms with Crippen molar-refractivity contribution in [2.75, 3.05) is 20.7 Å². The number of likely N-dealkylation sites (N-methyl/N-ethyl adjacent to an activating group) is 1.